The number of alkyl halides is 3. The molecule has 3 nitrogen and oxygen atoms in total. The van der Waals surface area contributed by atoms with Gasteiger partial charge in [0.2, 0.25) is 0 Å². The molecule has 0 aromatic carbocycles. The molecule has 0 radical (unpaired) electrons. The van der Waals surface area contributed by atoms with Crippen molar-refractivity contribution < 1.29 is 18.0 Å². The van der Waals surface area contributed by atoms with Crippen molar-refractivity contribution in [2.45, 2.75) is 45.3 Å². The molecule has 0 spiro atoms. The quantitative estimate of drug-likeness (QED) is 0.682. The zero-order valence-corrected chi connectivity index (χ0v) is 10.6. The first-order valence-corrected chi connectivity index (χ1v) is 6.25. The van der Waals surface area contributed by atoms with Crippen LogP contribution in [0.25, 0.3) is 0 Å². The molecule has 1 aliphatic heterocycles. The van der Waals surface area contributed by atoms with Crippen molar-refractivity contribution >= 4 is 5.78 Å². The summed E-state index contributed by atoms with van der Waals surface area (Å²) in [4.78, 5) is 12.2. The van der Waals surface area contributed by atoms with Crippen molar-refractivity contribution in [2.24, 2.45) is 23.1 Å². The van der Waals surface area contributed by atoms with E-state index in [1.54, 1.807) is 13.8 Å². The number of fused-ring (bicyclic) bond motifs is 1. The average Bonchev–Trinajstić information content (AvgIpc) is 2.24. The fraction of sp³-hybridized carbons (Fsp3) is 0.917. The molecule has 18 heavy (non-hydrogen) atoms. The number of carbonyl (C=O) groups is 1. The van der Waals surface area contributed by atoms with Gasteiger partial charge in [0.15, 0.2) is 0 Å². The summed E-state index contributed by atoms with van der Waals surface area (Å²) in [7, 11) is 0. The number of carbonyl (C=O) groups excluding carboxylic acids is 1. The third-order valence-electron chi connectivity index (χ3n) is 4.29. The normalized spacial score (nSPS) is 37.4. The highest BCUT2D eigenvalue weighted by atomic mass is 19.4. The summed E-state index contributed by atoms with van der Waals surface area (Å²) < 4.78 is 38.2. The molecule has 2 rings (SSSR count). The summed E-state index contributed by atoms with van der Waals surface area (Å²) in [5.74, 6) is 4.25. The van der Waals surface area contributed by atoms with E-state index in [1.807, 2.05) is 0 Å². The van der Waals surface area contributed by atoms with Crippen LogP contribution in [0.3, 0.4) is 0 Å². The van der Waals surface area contributed by atoms with Crippen molar-refractivity contribution in [3.8, 4) is 0 Å². The smallest absolute Gasteiger partial charge is 0.299 e. The lowest BCUT2D eigenvalue weighted by atomic mass is 9.67. The Hall–Kier alpha value is -0.620. The van der Waals surface area contributed by atoms with E-state index in [0.29, 0.717) is 13.0 Å². The first kappa shape index (κ1) is 13.8. The van der Waals surface area contributed by atoms with E-state index >= 15 is 0 Å². The molecule has 1 heterocycles. The van der Waals surface area contributed by atoms with Gasteiger partial charge in [-0.15, -0.1) is 0 Å². The van der Waals surface area contributed by atoms with E-state index in [4.69, 9.17) is 5.84 Å². The molecule has 3 unspecified atom stereocenters. The van der Waals surface area contributed by atoms with Crippen LogP contribution >= 0.6 is 0 Å². The average molecular weight is 264 g/mol. The lowest BCUT2D eigenvalue weighted by molar-refractivity contribution is -0.195. The van der Waals surface area contributed by atoms with Gasteiger partial charge in [-0.2, -0.15) is 13.2 Å². The highest BCUT2D eigenvalue weighted by molar-refractivity contribution is 5.88. The molecule has 2 aliphatic rings. The summed E-state index contributed by atoms with van der Waals surface area (Å²) in [6, 6.07) is -0.453. The molecule has 0 amide bonds. The van der Waals surface area contributed by atoms with Gasteiger partial charge in [0.1, 0.15) is 5.78 Å². The molecule has 1 aliphatic carbocycles. The van der Waals surface area contributed by atoms with E-state index < -0.39 is 23.6 Å². The van der Waals surface area contributed by atoms with Gasteiger partial charge < -0.3 is 0 Å². The topological polar surface area (TPSA) is 46.3 Å². The van der Waals surface area contributed by atoms with Crippen molar-refractivity contribution in [2.75, 3.05) is 6.54 Å². The standard InChI is InChI=1S/C12H19F3N2O/c1-11(2)6-17(16)9-5-7(12(13,14)15)3-4-8(9)10(11)18/h7-9H,3-6,16H2,1-2H3. The Kier molecular flexibility index (Phi) is 3.22. The zero-order chi connectivity index (χ0) is 13.7. The van der Waals surface area contributed by atoms with Gasteiger partial charge in [0.05, 0.1) is 5.92 Å². The number of piperidine rings is 1. The predicted octanol–water partition coefficient (Wildman–Crippen LogP) is 2.12. The minimum atomic E-state index is -4.18. The zero-order valence-electron chi connectivity index (χ0n) is 10.6. The largest absolute Gasteiger partial charge is 0.391 e. The number of hydrogen-bond donors (Lipinski definition) is 1. The number of nitrogens with zero attached hydrogens (tertiary/aromatic N) is 1. The molecule has 1 saturated heterocycles. The molecule has 2 N–H and O–H groups in total. The lowest BCUT2D eigenvalue weighted by Crippen LogP contribution is -2.62. The Morgan fingerprint density at radius 1 is 1.33 bits per heavy atom. The fourth-order valence-electron chi connectivity index (χ4n) is 3.27. The molecule has 6 heteroatoms. The molecular weight excluding hydrogens is 245 g/mol. The van der Waals surface area contributed by atoms with Crippen molar-refractivity contribution in [3.05, 3.63) is 0 Å². The molecule has 1 saturated carbocycles. The maximum atomic E-state index is 12.7. The van der Waals surface area contributed by atoms with Gasteiger partial charge >= 0.3 is 6.18 Å². The van der Waals surface area contributed by atoms with Crippen LogP contribution in [-0.2, 0) is 4.79 Å². The lowest BCUT2D eigenvalue weighted by Gasteiger charge is -2.48. The highest BCUT2D eigenvalue weighted by Gasteiger charge is 2.52. The summed E-state index contributed by atoms with van der Waals surface area (Å²) in [6.45, 7) is 3.94. The van der Waals surface area contributed by atoms with Gasteiger partial charge in [-0.05, 0) is 19.3 Å². The van der Waals surface area contributed by atoms with Crippen molar-refractivity contribution in [3.63, 3.8) is 0 Å². The van der Waals surface area contributed by atoms with Crippen LogP contribution in [0.1, 0.15) is 33.1 Å². The van der Waals surface area contributed by atoms with Gasteiger partial charge in [0, 0.05) is 23.9 Å². The van der Waals surface area contributed by atoms with Crippen LogP contribution < -0.4 is 5.84 Å². The van der Waals surface area contributed by atoms with E-state index in [-0.39, 0.29) is 24.5 Å². The molecule has 3 atom stereocenters. The number of ketones is 1. The summed E-state index contributed by atoms with van der Waals surface area (Å²) in [5.41, 5.74) is -0.555. The van der Waals surface area contributed by atoms with E-state index in [0.717, 1.165) is 0 Å². The van der Waals surface area contributed by atoms with E-state index in [2.05, 4.69) is 0 Å². The second kappa shape index (κ2) is 4.20. The predicted molar refractivity (Wildman–Crippen MR) is 60.4 cm³/mol. The summed E-state index contributed by atoms with van der Waals surface area (Å²) in [5, 5.41) is 1.45. The second-order valence-electron chi connectivity index (χ2n) is 6.15. The maximum Gasteiger partial charge on any atom is 0.391 e. The van der Waals surface area contributed by atoms with Crippen LogP contribution in [0, 0.1) is 17.3 Å². The Balaban J connectivity index is 2.17. The first-order valence-electron chi connectivity index (χ1n) is 6.25. The number of hydrazine groups is 1. The second-order valence-corrected chi connectivity index (χ2v) is 6.15. The number of hydrogen-bond acceptors (Lipinski definition) is 3. The van der Waals surface area contributed by atoms with Crippen LogP contribution in [0.5, 0.6) is 0 Å². The minimum absolute atomic E-state index is 0.0420. The monoisotopic (exact) mass is 264 g/mol. The molecule has 2 fully saturated rings. The summed E-state index contributed by atoms with van der Waals surface area (Å²) in [6.07, 6.45) is -3.89. The van der Waals surface area contributed by atoms with E-state index in [1.165, 1.54) is 5.01 Å². The summed E-state index contributed by atoms with van der Waals surface area (Å²) >= 11 is 0. The molecule has 0 aromatic heterocycles. The third kappa shape index (κ3) is 2.28. The van der Waals surface area contributed by atoms with Crippen LogP contribution in [0.4, 0.5) is 13.2 Å². The number of nitrogens with two attached hydrogens (primary N) is 1. The number of rotatable bonds is 0. The van der Waals surface area contributed by atoms with Crippen LogP contribution in [0.15, 0.2) is 0 Å². The van der Waals surface area contributed by atoms with Crippen LogP contribution in [0.2, 0.25) is 0 Å². The van der Waals surface area contributed by atoms with E-state index in [9.17, 15) is 18.0 Å². The van der Waals surface area contributed by atoms with Gasteiger partial charge in [-0.25, -0.2) is 5.01 Å². The fourth-order valence-corrected chi connectivity index (χ4v) is 3.27. The van der Waals surface area contributed by atoms with Gasteiger partial charge in [-0.1, -0.05) is 13.8 Å². The number of halogens is 3. The van der Waals surface area contributed by atoms with Crippen molar-refractivity contribution in [1.82, 2.24) is 5.01 Å². The maximum absolute atomic E-state index is 12.7. The van der Waals surface area contributed by atoms with Gasteiger partial charge in [-0.3, -0.25) is 10.6 Å². The first-order chi connectivity index (χ1) is 8.13. The minimum Gasteiger partial charge on any atom is -0.299 e. The Labute approximate surface area is 104 Å². The van der Waals surface area contributed by atoms with Crippen molar-refractivity contribution in [1.29, 1.82) is 0 Å². The highest BCUT2D eigenvalue weighted by Crippen LogP contribution is 2.45. The Morgan fingerprint density at radius 2 is 1.94 bits per heavy atom. The third-order valence-corrected chi connectivity index (χ3v) is 4.29. The Bertz CT molecular complexity index is 354. The molecule has 104 valence electrons. The SMILES string of the molecule is CC1(C)CN(N)C2CC(C(F)(F)F)CCC2C1=O. The molecule has 0 aromatic rings. The molecular formula is C12H19F3N2O. The Morgan fingerprint density at radius 3 is 2.50 bits per heavy atom. The number of Topliss-reactive ketones (excluding diaryl/α,β-unsaturated/α-hetero) is 1. The van der Waals surface area contributed by atoms with Gasteiger partial charge in [0.25, 0.3) is 0 Å². The van der Waals surface area contributed by atoms with Crippen LogP contribution in [-0.4, -0.2) is 29.6 Å². The molecule has 0 bridgehead atoms.